The normalized spacial score (nSPS) is 10.5. The fourth-order valence-electron chi connectivity index (χ4n) is 2.22. The van der Waals surface area contributed by atoms with Gasteiger partial charge in [-0.3, -0.25) is 0 Å². The van der Waals surface area contributed by atoms with E-state index in [0.717, 1.165) is 35.7 Å². The van der Waals surface area contributed by atoms with E-state index in [-0.39, 0.29) is 0 Å². The van der Waals surface area contributed by atoms with Crippen molar-refractivity contribution in [3.05, 3.63) is 60.8 Å². The van der Waals surface area contributed by atoms with Crippen LogP contribution in [0.3, 0.4) is 0 Å². The molecule has 22 heavy (non-hydrogen) atoms. The Bertz CT molecular complexity index is 707. The zero-order valence-corrected chi connectivity index (χ0v) is 12.2. The van der Waals surface area contributed by atoms with E-state index >= 15 is 0 Å². The Morgan fingerprint density at radius 3 is 2.55 bits per heavy atom. The maximum absolute atomic E-state index is 5.72. The molecule has 5 nitrogen and oxygen atoms in total. The molecular formula is C17H18N4O. The molecular weight excluding hydrogens is 276 g/mol. The lowest BCUT2D eigenvalue weighted by atomic mass is 10.1. The first-order chi connectivity index (χ1) is 10.8. The molecule has 0 fully saturated rings. The van der Waals surface area contributed by atoms with Crippen LogP contribution < -0.4 is 10.5 Å². The van der Waals surface area contributed by atoms with E-state index in [2.05, 4.69) is 10.3 Å². The van der Waals surface area contributed by atoms with Crippen molar-refractivity contribution in [1.82, 2.24) is 15.0 Å². The van der Waals surface area contributed by atoms with E-state index in [1.165, 1.54) is 0 Å². The van der Waals surface area contributed by atoms with E-state index in [0.29, 0.717) is 6.61 Å². The van der Waals surface area contributed by atoms with E-state index in [9.17, 15) is 0 Å². The topological polar surface area (TPSA) is 66.0 Å². The minimum absolute atomic E-state index is 0.644. The lowest BCUT2D eigenvalue weighted by molar-refractivity contribution is 0.298. The number of benzene rings is 2. The van der Waals surface area contributed by atoms with Gasteiger partial charge in [-0.25, -0.2) is 4.68 Å². The predicted molar refractivity (Wildman–Crippen MR) is 86.4 cm³/mol. The second-order valence-electron chi connectivity index (χ2n) is 4.98. The maximum atomic E-state index is 5.72. The number of nitrogen functional groups attached to an aromatic ring is 1. The van der Waals surface area contributed by atoms with Gasteiger partial charge in [0.05, 0.1) is 18.5 Å². The Hall–Kier alpha value is -2.82. The standard InChI is InChI=1S/C17H18N4O/c18-15-9-7-14(8-10-15)17-13-19-20-21(17)11-4-12-22-16-5-2-1-3-6-16/h1-3,5-10,13H,4,11-12,18H2. The summed E-state index contributed by atoms with van der Waals surface area (Å²) in [5.41, 5.74) is 8.51. The summed E-state index contributed by atoms with van der Waals surface area (Å²) >= 11 is 0. The SMILES string of the molecule is Nc1ccc(-c2cnnn2CCCOc2ccccc2)cc1. The Balaban J connectivity index is 1.57. The van der Waals surface area contributed by atoms with Crippen LogP contribution in [0.4, 0.5) is 5.69 Å². The van der Waals surface area contributed by atoms with Gasteiger partial charge in [-0.1, -0.05) is 35.5 Å². The van der Waals surface area contributed by atoms with Crippen molar-refractivity contribution in [2.45, 2.75) is 13.0 Å². The van der Waals surface area contributed by atoms with E-state index < -0.39 is 0 Å². The van der Waals surface area contributed by atoms with Gasteiger partial charge in [-0.05, 0) is 24.3 Å². The Kier molecular flexibility index (Phi) is 4.34. The Morgan fingerprint density at radius 1 is 1.00 bits per heavy atom. The number of anilines is 1. The Morgan fingerprint density at radius 2 is 1.77 bits per heavy atom. The molecule has 0 amide bonds. The first kappa shape index (κ1) is 14.1. The molecule has 0 aliphatic rings. The number of nitrogens with zero attached hydrogens (tertiary/aromatic N) is 3. The summed E-state index contributed by atoms with van der Waals surface area (Å²) in [6.45, 7) is 1.40. The molecule has 0 aliphatic heterocycles. The molecule has 112 valence electrons. The molecule has 2 aromatic carbocycles. The van der Waals surface area contributed by atoms with Crippen molar-refractivity contribution < 1.29 is 4.74 Å². The molecule has 2 N–H and O–H groups in total. The highest BCUT2D eigenvalue weighted by Gasteiger charge is 2.06. The number of aryl methyl sites for hydroxylation is 1. The van der Waals surface area contributed by atoms with Crippen molar-refractivity contribution in [2.24, 2.45) is 0 Å². The first-order valence-electron chi connectivity index (χ1n) is 7.25. The van der Waals surface area contributed by atoms with Crippen LogP contribution in [-0.4, -0.2) is 21.6 Å². The molecule has 0 atom stereocenters. The van der Waals surface area contributed by atoms with Crippen molar-refractivity contribution in [2.75, 3.05) is 12.3 Å². The monoisotopic (exact) mass is 294 g/mol. The summed E-state index contributed by atoms with van der Waals surface area (Å²) in [6.07, 6.45) is 2.63. The van der Waals surface area contributed by atoms with Crippen LogP contribution >= 0.6 is 0 Å². The summed E-state index contributed by atoms with van der Waals surface area (Å²) in [5, 5.41) is 8.14. The highest BCUT2D eigenvalue weighted by molar-refractivity contribution is 5.61. The summed E-state index contributed by atoms with van der Waals surface area (Å²) < 4.78 is 7.58. The third-order valence-electron chi connectivity index (χ3n) is 3.35. The molecule has 1 aromatic heterocycles. The van der Waals surface area contributed by atoms with Gasteiger partial charge in [0.2, 0.25) is 0 Å². The van der Waals surface area contributed by atoms with Gasteiger partial charge in [0, 0.05) is 24.2 Å². The van der Waals surface area contributed by atoms with Crippen molar-refractivity contribution in [3.8, 4) is 17.0 Å². The highest BCUT2D eigenvalue weighted by Crippen LogP contribution is 2.19. The third-order valence-corrected chi connectivity index (χ3v) is 3.35. The number of aromatic nitrogens is 3. The van der Waals surface area contributed by atoms with Crippen LogP contribution in [0.25, 0.3) is 11.3 Å². The lowest BCUT2D eigenvalue weighted by Crippen LogP contribution is -2.07. The molecule has 3 rings (SSSR count). The second-order valence-corrected chi connectivity index (χ2v) is 4.98. The molecule has 3 aromatic rings. The van der Waals surface area contributed by atoms with Crippen molar-refractivity contribution in [3.63, 3.8) is 0 Å². The predicted octanol–water partition coefficient (Wildman–Crippen LogP) is 3.00. The molecule has 0 saturated carbocycles. The Labute approximate surface area is 129 Å². The molecule has 1 heterocycles. The number of hydrogen-bond acceptors (Lipinski definition) is 4. The summed E-state index contributed by atoms with van der Waals surface area (Å²) in [4.78, 5) is 0. The third kappa shape index (κ3) is 3.44. The average molecular weight is 294 g/mol. The van der Waals surface area contributed by atoms with Gasteiger partial charge in [0.15, 0.2) is 0 Å². The fraction of sp³-hybridized carbons (Fsp3) is 0.176. The summed E-state index contributed by atoms with van der Waals surface area (Å²) in [6, 6.07) is 17.5. The molecule has 0 radical (unpaired) electrons. The van der Waals surface area contributed by atoms with Crippen LogP contribution in [0.1, 0.15) is 6.42 Å². The smallest absolute Gasteiger partial charge is 0.119 e. The van der Waals surface area contributed by atoms with Crippen LogP contribution in [0, 0.1) is 0 Å². The number of nitrogens with two attached hydrogens (primary N) is 1. The van der Waals surface area contributed by atoms with E-state index in [4.69, 9.17) is 10.5 Å². The number of ether oxygens (including phenoxy) is 1. The first-order valence-corrected chi connectivity index (χ1v) is 7.25. The van der Waals surface area contributed by atoms with E-state index in [1.807, 2.05) is 59.3 Å². The average Bonchev–Trinajstić information content (AvgIpc) is 3.02. The van der Waals surface area contributed by atoms with Gasteiger partial charge in [0.25, 0.3) is 0 Å². The van der Waals surface area contributed by atoms with Gasteiger partial charge < -0.3 is 10.5 Å². The van der Waals surface area contributed by atoms with Crippen LogP contribution in [0.15, 0.2) is 60.8 Å². The van der Waals surface area contributed by atoms with Crippen LogP contribution in [0.2, 0.25) is 0 Å². The van der Waals surface area contributed by atoms with Crippen molar-refractivity contribution >= 4 is 5.69 Å². The highest BCUT2D eigenvalue weighted by atomic mass is 16.5. The number of rotatable bonds is 6. The van der Waals surface area contributed by atoms with Gasteiger partial charge >= 0.3 is 0 Å². The maximum Gasteiger partial charge on any atom is 0.119 e. The summed E-state index contributed by atoms with van der Waals surface area (Å²) in [7, 11) is 0. The van der Waals surface area contributed by atoms with Gasteiger partial charge in [-0.2, -0.15) is 0 Å². The minimum Gasteiger partial charge on any atom is -0.494 e. The summed E-state index contributed by atoms with van der Waals surface area (Å²) in [5.74, 6) is 0.889. The van der Waals surface area contributed by atoms with Crippen LogP contribution in [0.5, 0.6) is 5.75 Å². The zero-order chi connectivity index (χ0) is 15.2. The molecule has 5 heteroatoms. The fourth-order valence-corrected chi connectivity index (χ4v) is 2.22. The van der Waals surface area contributed by atoms with Crippen LogP contribution in [-0.2, 0) is 6.54 Å². The quantitative estimate of drug-likeness (QED) is 0.560. The molecule has 0 bridgehead atoms. The van der Waals surface area contributed by atoms with Gasteiger partial charge in [-0.15, -0.1) is 5.10 Å². The number of hydrogen-bond donors (Lipinski definition) is 1. The minimum atomic E-state index is 0.644. The lowest BCUT2D eigenvalue weighted by Gasteiger charge is -2.08. The largest absolute Gasteiger partial charge is 0.494 e. The molecule has 0 aliphatic carbocycles. The molecule has 0 spiro atoms. The molecule has 0 unspecified atom stereocenters. The number of para-hydroxylation sites is 1. The molecule has 0 saturated heterocycles. The second kappa shape index (κ2) is 6.76. The van der Waals surface area contributed by atoms with E-state index in [1.54, 1.807) is 6.20 Å². The van der Waals surface area contributed by atoms with Crippen molar-refractivity contribution in [1.29, 1.82) is 0 Å². The van der Waals surface area contributed by atoms with Gasteiger partial charge in [0.1, 0.15) is 5.75 Å². The zero-order valence-electron chi connectivity index (χ0n) is 12.2.